The highest BCUT2D eigenvalue weighted by atomic mass is 32.2. The van der Waals surface area contributed by atoms with Crippen LogP contribution >= 0.6 is 0 Å². The van der Waals surface area contributed by atoms with Crippen molar-refractivity contribution in [1.29, 1.82) is 0 Å². The first-order chi connectivity index (χ1) is 26.2. The average molecular weight is 790 g/mol. The van der Waals surface area contributed by atoms with E-state index in [2.05, 4.69) is 29.4 Å². The summed E-state index contributed by atoms with van der Waals surface area (Å²) in [4.78, 5) is 49.2. The van der Waals surface area contributed by atoms with Crippen LogP contribution in [0.5, 0.6) is 11.5 Å². The van der Waals surface area contributed by atoms with Crippen LogP contribution in [0, 0.1) is 0 Å². The summed E-state index contributed by atoms with van der Waals surface area (Å²) in [6.07, 6.45) is 4.73. The van der Waals surface area contributed by atoms with Gasteiger partial charge in [0.25, 0.3) is 10.1 Å². The number of rotatable bonds is 20. The lowest BCUT2D eigenvalue weighted by atomic mass is 10.1. The number of fused-ring (bicyclic) bond motifs is 2. The molecule has 0 unspecified atom stereocenters. The maximum absolute atomic E-state index is 12.2. The summed E-state index contributed by atoms with van der Waals surface area (Å²) in [5.41, 5.74) is 1.08. The average Bonchev–Trinajstić information content (AvgIpc) is 3.12. The molecule has 2 amide bonds. The van der Waals surface area contributed by atoms with E-state index < -0.39 is 21.4 Å². The van der Waals surface area contributed by atoms with Crippen LogP contribution < -0.4 is 31.4 Å². The summed E-state index contributed by atoms with van der Waals surface area (Å²) >= 11 is 0. The van der Waals surface area contributed by atoms with Gasteiger partial charge in [0.2, 0.25) is 11.8 Å². The molecule has 16 nitrogen and oxygen atoms in total. The highest BCUT2D eigenvalue weighted by molar-refractivity contribution is 7.85. The fraction of sp³-hybridized carbons (Fsp3) is 0.474. The number of anilines is 2. The molecular weight excluding hydrogens is 738 g/mol. The molecule has 0 aliphatic carbocycles. The van der Waals surface area contributed by atoms with Crippen molar-refractivity contribution in [2.45, 2.75) is 59.8 Å². The van der Waals surface area contributed by atoms with Gasteiger partial charge in [-0.2, -0.15) is 8.42 Å². The Morgan fingerprint density at radius 3 is 1.62 bits per heavy atom. The fourth-order valence-electron chi connectivity index (χ4n) is 5.61. The van der Waals surface area contributed by atoms with Crippen molar-refractivity contribution in [3.05, 3.63) is 68.4 Å². The molecule has 0 aliphatic heterocycles. The molecule has 0 aliphatic rings. The van der Waals surface area contributed by atoms with E-state index in [-0.39, 0.29) is 49.0 Å². The lowest BCUT2D eigenvalue weighted by molar-refractivity contribution is -0.115. The summed E-state index contributed by atoms with van der Waals surface area (Å²) < 4.78 is 58.9. The van der Waals surface area contributed by atoms with Crippen LogP contribution in [0.1, 0.15) is 58.1 Å². The second kappa shape index (κ2) is 21.9. The number of benzene rings is 2. The van der Waals surface area contributed by atoms with E-state index in [4.69, 9.17) is 32.0 Å². The molecule has 0 radical (unpaired) electrons. The monoisotopic (exact) mass is 789 g/mol. The molecule has 0 bridgehead atoms. The van der Waals surface area contributed by atoms with Gasteiger partial charge in [-0.3, -0.25) is 13.8 Å². The summed E-state index contributed by atoms with van der Waals surface area (Å²) in [5.74, 6) is 0.122. The number of carbonyl (C=O) groups is 2. The third-order valence-electron chi connectivity index (χ3n) is 7.94. The molecule has 55 heavy (non-hydrogen) atoms. The molecule has 0 fully saturated rings. The lowest BCUT2D eigenvalue weighted by Crippen LogP contribution is -2.25. The van der Waals surface area contributed by atoms with Crippen LogP contribution in [0.2, 0.25) is 0 Å². The molecule has 2 aromatic heterocycles. The Labute approximate surface area is 320 Å². The SMILES string of the molecule is CCCN(CC)CCCc1ccc2cc(NC(C)=O)c(=O)oc2c1OCOC.COCOc1c(CCCOS(C)(=O)=O)ccc2cc(NC(C)=O)c(=O)oc12. The van der Waals surface area contributed by atoms with E-state index in [9.17, 15) is 27.6 Å². The van der Waals surface area contributed by atoms with Crippen molar-refractivity contribution in [2.24, 2.45) is 0 Å². The second-order valence-corrected chi connectivity index (χ2v) is 14.1. The van der Waals surface area contributed by atoms with E-state index in [1.807, 2.05) is 12.1 Å². The van der Waals surface area contributed by atoms with E-state index in [0.29, 0.717) is 46.3 Å². The molecule has 0 atom stereocenters. The predicted molar refractivity (Wildman–Crippen MR) is 208 cm³/mol. The van der Waals surface area contributed by atoms with Gasteiger partial charge in [-0.05, 0) is 75.0 Å². The number of hydrogen-bond acceptors (Lipinski definition) is 14. The quantitative estimate of drug-likeness (QED) is 0.0522. The minimum absolute atomic E-state index is 0.0198. The number of nitrogens with one attached hydrogen (secondary N) is 2. The minimum atomic E-state index is -3.50. The van der Waals surface area contributed by atoms with Gasteiger partial charge in [-0.25, -0.2) is 9.59 Å². The number of methoxy groups -OCH3 is 2. The van der Waals surface area contributed by atoms with Crippen molar-refractivity contribution in [2.75, 3.05) is 70.9 Å². The number of nitrogens with zero attached hydrogens (tertiary/aromatic N) is 1. The molecule has 302 valence electrons. The van der Waals surface area contributed by atoms with Crippen molar-refractivity contribution in [3.8, 4) is 11.5 Å². The topological polar surface area (TPSA) is 202 Å². The smallest absolute Gasteiger partial charge is 0.360 e. The van der Waals surface area contributed by atoms with Gasteiger partial charge in [0.1, 0.15) is 11.4 Å². The highest BCUT2D eigenvalue weighted by Crippen LogP contribution is 2.33. The summed E-state index contributed by atoms with van der Waals surface area (Å²) in [6, 6.07) is 10.4. The molecule has 0 saturated carbocycles. The number of hydrogen-bond donors (Lipinski definition) is 2. The molecule has 2 N–H and O–H groups in total. The zero-order valence-electron chi connectivity index (χ0n) is 32.4. The Kier molecular flexibility index (Phi) is 17.8. The molecule has 17 heteroatoms. The van der Waals surface area contributed by atoms with Gasteiger partial charge in [-0.1, -0.05) is 38.1 Å². The lowest BCUT2D eigenvalue weighted by Gasteiger charge is -2.20. The van der Waals surface area contributed by atoms with Crippen molar-refractivity contribution < 1.29 is 50.0 Å². The molecule has 0 spiro atoms. The first-order valence-electron chi connectivity index (χ1n) is 17.8. The van der Waals surface area contributed by atoms with Crippen LogP contribution in [0.15, 0.2) is 54.8 Å². The molecular formula is C38H51N3O13S. The number of amides is 2. The van der Waals surface area contributed by atoms with Crippen LogP contribution in [0.4, 0.5) is 11.4 Å². The van der Waals surface area contributed by atoms with Crippen LogP contribution in [0.25, 0.3) is 21.9 Å². The predicted octanol–water partition coefficient (Wildman–Crippen LogP) is 5.04. The van der Waals surface area contributed by atoms with Crippen molar-refractivity contribution in [3.63, 3.8) is 0 Å². The number of carbonyl (C=O) groups excluding carboxylic acids is 2. The largest absolute Gasteiger partial charge is 0.463 e. The van der Waals surface area contributed by atoms with Crippen molar-refractivity contribution >= 4 is 55.2 Å². The van der Waals surface area contributed by atoms with Gasteiger partial charge in [0.05, 0.1) is 12.9 Å². The van der Waals surface area contributed by atoms with Gasteiger partial charge >= 0.3 is 11.3 Å². The Balaban J connectivity index is 0.000000296. The molecule has 2 heterocycles. The molecule has 0 saturated heterocycles. The normalized spacial score (nSPS) is 11.3. The Morgan fingerprint density at radius 2 is 1.22 bits per heavy atom. The zero-order valence-corrected chi connectivity index (χ0v) is 33.2. The Hall–Kier alpha value is -4.81. The summed E-state index contributed by atoms with van der Waals surface area (Å²) in [7, 11) is -0.508. The van der Waals surface area contributed by atoms with Gasteiger partial charge in [-0.15, -0.1) is 0 Å². The molecule has 4 rings (SSSR count). The van der Waals surface area contributed by atoms with Crippen LogP contribution in [-0.2, 0) is 46.2 Å². The second-order valence-electron chi connectivity index (χ2n) is 12.5. The maximum atomic E-state index is 12.2. The molecule has 4 aromatic rings. The van der Waals surface area contributed by atoms with E-state index >= 15 is 0 Å². The van der Waals surface area contributed by atoms with Crippen LogP contribution in [-0.4, -0.2) is 85.4 Å². The van der Waals surface area contributed by atoms with E-state index in [1.165, 1.54) is 27.0 Å². The van der Waals surface area contributed by atoms with E-state index in [1.54, 1.807) is 25.3 Å². The number of aryl methyl sites for hydroxylation is 2. The van der Waals surface area contributed by atoms with Gasteiger partial charge in [0, 0.05) is 38.8 Å². The Bertz CT molecular complexity index is 2130. The molecule has 2 aromatic carbocycles. The van der Waals surface area contributed by atoms with Crippen molar-refractivity contribution in [1.82, 2.24) is 4.90 Å². The maximum Gasteiger partial charge on any atom is 0.360 e. The third-order valence-corrected chi connectivity index (χ3v) is 8.53. The Morgan fingerprint density at radius 1 is 0.745 bits per heavy atom. The summed E-state index contributed by atoms with van der Waals surface area (Å²) in [6.45, 7) is 10.1. The third kappa shape index (κ3) is 14.1. The first kappa shape index (κ1) is 44.6. The fourth-order valence-corrected chi connectivity index (χ4v) is 6.03. The first-order valence-corrected chi connectivity index (χ1v) is 19.6. The standard InChI is InChI=1S/C21H30N2O5.C17H21NO8S/c1-5-11-23(6-2)12-7-8-16-9-10-17-13-18(22-15(3)24)21(25)28-20(17)19(16)27-14-26-4;1-11(19)18-14-9-13-7-6-12(5-4-8-25-27(3,21)22)15(24-10-23-2)16(13)26-17(14)20/h9-10,13H,5-8,11-12,14H2,1-4H3,(H,22,24);6-7,9H,4-5,8,10H2,1-3H3,(H,18,19). The number of ether oxygens (including phenoxy) is 4. The highest BCUT2D eigenvalue weighted by Gasteiger charge is 2.17. The summed E-state index contributed by atoms with van der Waals surface area (Å²) in [5, 5.41) is 6.14. The van der Waals surface area contributed by atoms with Gasteiger partial charge < -0.3 is 43.3 Å². The minimum Gasteiger partial charge on any atom is -0.463 e. The van der Waals surface area contributed by atoms with Crippen LogP contribution in [0.3, 0.4) is 0 Å². The van der Waals surface area contributed by atoms with E-state index in [0.717, 1.165) is 50.7 Å². The van der Waals surface area contributed by atoms with Gasteiger partial charge in [0.15, 0.2) is 36.3 Å². The zero-order chi connectivity index (χ0) is 40.5.